The number of halogens is 1. The number of hydrogen-bond donors (Lipinski definition) is 1. The van der Waals surface area contributed by atoms with E-state index in [-0.39, 0.29) is 18.5 Å². The first-order chi connectivity index (χ1) is 8.60. The molecule has 4 heteroatoms. The van der Waals surface area contributed by atoms with Crippen LogP contribution in [-0.2, 0) is 0 Å². The molecular formula is C14H22FNO2. The summed E-state index contributed by atoms with van der Waals surface area (Å²) in [4.78, 5) is 1.96. The number of ether oxygens (including phenoxy) is 1. The minimum absolute atomic E-state index is 0.0439. The quantitative estimate of drug-likeness (QED) is 0.813. The predicted molar refractivity (Wildman–Crippen MR) is 70.3 cm³/mol. The van der Waals surface area contributed by atoms with Crippen LogP contribution >= 0.6 is 0 Å². The van der Waals surface area contributed by atoms with Crippen molar-refractivity contribution in [2.75, 3.05) is 27.3 Å². The van der Waals surface area contributed by atoms with Crippen LogP contribution in [-0.4, -0.2) is 37.3 Å². The monoisotopic (exact) mass is 255 g/mol. The van der Waals surface area contributed by atoms with Crippen LogP contribution in [0.2, 0.25) is 0 Å². The van der Waals surface area contributed by atoms with Crippen molar-refractivity contribution < 1.29 is 14.2 Å². The maximum Gasteiger partial charge on any atom is 0.124 e. The zero-order chi connectivity index (χ0) is 13.5. The van der Waals surface area contributed by atoms with E-state index in [1.807, 2.05) is 25.9 Å². The summed E-state index contributed by atoms with van der Waals surface area (Å²) in [5, 5.41) is 9.12. The van der Waals surface area contributed by atoms with Gasteiger partial charge in [-0.3, -0.25) is 0 Å². The summed E-state index contributed by atoms with van der Waals surface area (Å²) in [6.45, 7) is 2.70. The molecule has 1 aromatic rings. The van der Waals surface area contributed by atoms with E-state index in [1.165, 1.54) is 12.1 Å². The van der Waals surface area contributed by atoms with Crippen molar-refractivity contribution in [1.82, 2.24) is 4.90 Å². The predicted octanol–water partition coefficient (Wildman–Crippen LogP) is 2.60. The molecule has 1 rings (SSSR count). The molecule has 0 saturated heterocycles. The third kappa shape index (κ3) is 3.96. The fourth-order valence-electron chi connectivity index (χ4n) is 1.94. The van der Waals surface area contributed by atoms with Crippen LogP contribution in [0.3, 0.4) is 0 Å². The zero-order valence-electron chi connectivity index (χ0n) is 11.3. The van der Waals surface area contributed by atoms with Crippen LogP contribution in [0.25, 0.3) is 0 Å². The molecule has 0 fully saturated rings. The second-order valence-electron chi connectivity index (χ2n) is 4.52. The van der Waals surface area contributed by atoms with Gasteiger partial charge in [0.05, 0.1) is 6.61 Å². The molecule has 1 N–H and O–H groups in total. The van der Waals surface area contributed by atoms with Gasteiger partial charge in [0.15, 0.2) is 0 Å². The van der Waals surface area contributed by atoms with Crippen molar-refractivity contribution >= 4 is 0 Å². The summed E-state index contributed by atoms with van der Waals surface area (Å²) in [6.07, 6.45) is 1.46. The van der Waals surface area contributed by atoms with Gasteiger partial charge in [0.25, 0.3) is 0 Å². The van der Waals surface area contributed by atoms with E-state index in [9.17, 15) is 4.39 Å². The number of hydrogen-bond acceptors (Lipinski definition) is 3. The lowest BCUT2D eigenvalue weighted by Crippen LogP contribution is -2.22. The van der Waals surface area contributed by atoms with Crippen LogP contribution in [0.5, 0.6) is 5.75 Å². The minimum Gasteiger partial charge on any atom is -0.493 e. The maximum absolute atomic E-state index is 13.4. The molecule has 0 radical (unpaired) electrons. The van der Waals surface area contributed by atoms with Gasteiger partial charge in [0, 0.05) is 18.2 Å². The molecule has 0 heterocycles. The molecule has 0 spiro atoms. The molecule has 0 amide bonds. The van der Waals surface area contributed by atoms with Crippen LogP contribution in [0, 0.1) is 5.82 Å². The highest BCUT2D eigenvalue weighted by molar-refractivity contribution is 5.36. The first kappa shape index (κ1) is 14.9. The molecule has 0 aliphatic heterocycles. The molecule has 1 unspecified atom stereocenters. The Labute approximate surface area is 108 Å². The summed E-state index contributed by atoms with van der Waals surface area (Å²) >= 11 is 0. The van der Waals surface area contributed by atoms with Gasteiger partial charge >= 0.3 is 0 Å². The fourth-order valence-corrected chi connectivity index (χ4v) is 1.94. The van der Waals surface area contributed by atoms with Gasteiger partial charge in [0.1, 0.15) is 11.6 Å². The molecule has 102 valence electrons. The van der Waals surface area contributed by atoms with Crippen molar-refractivity contribution in [3.8, 4) is 5.75 Å². The van der Waals surface area contributed by atoms with Gasteiger partial charge in [-0.25, -0.2) is 4.39 Å². The van der Waals surface area contributed by atoms with Crippen molar-refractivity contribution in [2.45, 2.75) is 25.8 Å². The van der Waals surface area contributed by atoms with E-state index in [2.05, 4.69) is 0 Å². The van der Waals surface area contributed by atoms with Crippen molar-refractivity contribution in [3.63, 3.8) is 0 Å². The van der Waals surface area contributed by atoms with Crippen molar-refractivity contribution in [3.05, 3.63) is 29.6 Å². The lowest BCUT2D eigenvalue weighted by molar-refractivity contribution is 0.205. The number of rotatable bonds is 7. The number of aliphatic hydroxyl groups is 1. The molecule has 3 nitrogen and oxygen atoms in total. The summed E-state index contributed by atoms with van der Waals surface area (Å²) in [6, 6.07) is 4.51. The normalized spacial score (nSPS) is 12.8. The van der Waals surface area contributed by atoms with Crippen LogP contribution < -0.4 is 4.74 Å². The first-order valence-corrected chi connectivity index (χ1v) is 6.29. The highest BCUT2D eigenvalue weighted by Crippen LogP contribution is 2.31. The van der Waals surface area contributed by atoms with Crippen LogP contribution in [0.4, 0.5) is 4.39 Å². The number of aliphatic hydroxyl groups excluding tert-OH is 1. The van der Waals surface area contributed by atoms with Gasteiger partial charge in [-0.15, -0.1) is 0 Å². The highest BCUT2D eigenvalue weighted by atomic mass is 19.1. The van der Waals surface area contributed by atoms with Gasteiger partial charge in [-0.1, -0.05) is 6.92 Å². The van der Waals surface area contributed by atoms with E-state index in [0.717, 1.165) is 12.0 Å². The molecule has 0 aliphatic carbocycles. The Hall–Kier alpha value is -1.13. The van der Waals surface area contributed by atoms with E-state index in [0.29, 0.717) is 18.8 Å². The third-order valence-electron chi connectivity index (χ3n) is 2.82. The second-order valence-corrected chi connectivity index (χ2v) is 4.52. The van der Waals surface area contributed by atoms with E-state index in [4.69, 9.17) is 9.84 Å². The first-order valence-electron chi connectivity index (χ1n) is 6.29. The third-order valence-corrected chi connectivity index (χ3v) is 2.82. The Morgan fingerprint density at radius 3 is 2.67 bits per heavy atom. The molecule has 18 heavy (non-hydrogen) atoms. The molecule has 0 aromatic heterocycles. The van der Waals surface area contributed by atoms with Gasteiger partial charge < -0.3 is 14.7 Å². The maximum atomic E-state index is 13.4. The topological polar surface area (TPSA) is 32.7 Å². The van der Waals surface area contributed by atoms with Crippen LogP contribution in [0.15, 0.2) is 18.2 Å². The minimum atomic E-state index is -0.279. The van der Waals surface area contributed by atoms with E-state index >= 15 is 0 Å². The number of benzene rings is 1. The molecule has 0 aliphatic rings. The standard InChI is InChI=1S/C14H22FNO2/c1-4-9-18-14-6-5-11(15)10-12(14)13(7-8-17)16(2)3/h5-6,10,13,17H,4,7-9H2,1-3H3. The molecule has 1 atom stereocenters. The lowest BCUT2D eigenvalue weighted by Gasteiger charge is -2.26. The molecule has 1 aromatic carbocycles. The average molecular weight is 255 g/mol. The zero-order valence-corrected chi connectivity index (χ0v) is 11.3. The summed E-state index contributed by atoms with van der Waals surface area (Å²) in [5.74, 6) is 0.420. The Morgan fingerprint density at radius 2 is 2.11 bits per heavy atom. The summed E-state index contributed by atoms with van der Waals surface area (Å²) in [7, 11) is 3.82. The van der Waals surface area contributed by atoms with Gasteiger partial charge in [0.2, 0.25) is 0 Å². The van der Waals surface area contributed by atoms with Crippen molar-refractivity contribution in [2.24, 2.45) is 0 Å². The largest absolute Gasteiger partial charge is 0.493 e. The van der Waals surface area contributed by atoms with Crippen molar-refractivity contribution in [1.29, 1.82) is 0 Å². The summed E-state index contributed by atoms with van der Waals surface area (Å²) < 4.78 is 19.0. The smallest absolute Gasteiger partial charge is 0.124 e. The van der Waals surface area contributed by atoms with E-state index in [1.54, 1.807) is 6.07 Å². The Kier molecular flexibility index (Phi) is 6.09. The Morgan fingerprint density at radius 1 is 1.39 bits per heavy atom. The van der Waals surface area contributed by atoms with Gasteiger partial charge in [-0.2, -0.15) is 0 Å². The van der Waals surface area contributed by atoms with Gasteiger partial charge in [-0.05, 0) is 45.1 Å². The van der Waals surface area contributed by atoms with Crippen LogP contribution in [0.1, 0.15) is 31.4 Å². The second kappa shape index (κ2) is 7.34. The lowest BCUT2D eigenvalue weighted by atomic mass is 10.0. The number of nitrogens with zero attached hydrogens (tertiary/aromatic N) is 1. The average Bonchev–Trinajstić information content (AvgIpc) is 2.34. The molecule has 0 bridgehead atoms. The molecule has 0 saturated carbocycles. The SMILES string of the molecule is CCCOc1ccc(F)cc1C(CCO)N(C)C. The Balaban J connectivity index is 3.04. The Bertz CT molecular complexity index is 369. The highest BCUT2D eigenvalue weighted by Gasteiger charge is 2.19. The van der Waals surface area contributed by atoms with E-state index < -0.39 is 0 Å². The molecular weight excluding hydrogens is 233 g/mol. The fraction of sp³-hybridized carbons (Fsp3) is 0.571. The summed E-state index contributed by atoms with van der Waals surface area (Å²) in [5.41, 5.74) is 0.794.